The molecule has 0 radical (unpaired) electrons. The Labute approximate surface area is 208 Å². The summed E-state index contributed by atoms with van der Waals surface area (Å²) in [6, 6.07) is 14.8. The van der Waals surface area contributed by atoms with E-state index in [9.17, 15) is 28.2 Å². The predicted molar refractivity (Wildman–Crippen MR) is 134 cm³/mol. The van der Waals surface area contributed by atoms with Gasteiger partial charge >= 0.3 is 0 Å². The molecule has 2 aromatic rings. The minimum atomic E-state index is -4.02. The third-order valence-corrected chi connectivity index (χ3v) is 7.45. The van der Waals surface area contributed by atoms with E-state index in [4.69, 9.17) is 0 Å². The lowest BCUT2D eigenvalue weighted by Crippen LogP contribution is -2.51. The average molecular weight is 505 g/mol. The summed E-state index contributed by atoms with van der Waals surface area (Å²) in [5.41, 5.74) is 1.62. The van der Waals surface area contributed by atoms with E-state index < -0.39 is 34.2 Å². The molecular formula is C26H36N2O6S. The quantitative estimate of drug-likeness (QED) is 0.362. The van der Waals surface area contributed by atoms with Gasteiger partial charge in [0.15, 0.2) is 0 Å². The topological polar surface area (TPSA) is 124 Å². The number of ketones is 1. The summed E-state index contributed by atoms with van der Waals surface area (Å²) in [5, 5.41) is 23.9. The molecule has 0 aliphatic carbocycles. The second-order valence-corrected chi connectivity index (χ2v) is 10.7. The number of aliphatic hydroxyl groups excluding tert-OH is 2. The summed E-state index contributed by atoms with van der Waals surface area (Å²) in [7, 11) is -4.02. The van der Waals surface area contributed by atoms with Crippen LogP contribution in [0.1, 0.15) is 44.2 Å². The maximum Gasteiger partial charge on any atom is 0.243 e. The van der Waals surface area contributed by atoms with Crippen molar-refractivity contribution in [3.8, 4) is 0 Å². The zero-order chi connectivity index (χ0) is 26.0. The Morgan fingerprint density at radius 2 is 1.69 bits per heavy atom. The molecule has 9 heteroatoms. The van der Waals surface area contributed by atoms with Gasteiger partial charge in [0.25, 0.3) is 0 Å². The van der Waals surface area contributed by atoms with Crippen LogP contribution in [0.3, 0.4) is 0 Å². The standard InChI is InChI=1S/C26H36N2O6S/c1-4-22(30)13-14-26(32)27-24(16-21-10-6-5-7-11-21)25(31)18-28(17-20(3)29)35(33,34)23-12-8-9-19(2)15-23/h5-12,15,20,24-25,29,31H,4,13-14,16-18H2,1-3H3,(H,27,32)/t20-,24-,25+/m0/s1. The van der Waals surface area contributed by atoms with Crippen LogP contribution in [0.4, 0.5) is 0 Å². The van der Waals surface area contributed by atoms with Crippen LogP contribution in [0, 0.1) is 6.92 Å². The van der Waals surface area contributed by atoms with E-state index in [2.05, 4.69) is 5.32 Å². The fourth-order valence-electron chi connectivity index (χ4n) is 3.69. The van der Waals surface area contributed by atoms with E-state index in [-0.39, 0.29) is 43.0 Å². The molecule has 0 saturated heterocycles. The minimum absolute atomic E-state index is 0.0103. The van der Waals surface area contributed by atoms with E-state index >= 15 is 0 Å². The van der Waals surface area contributed by atoms with Gasteiger partial charge in [0.2, 0.25) is 15.9 Å². The zero-order valence-electron chi connectivity index (χ0n) is 20.6. The Kier molecular flexibility index (Phi) is 11.0. The second-order valence-electron chi connectivity index (χ2n) is 8.81. The molecule has 3 N–H and O–H groups in total. The van der Waals surface area contributed by atoms with Crippen LogP contribution in [0.15, 0.2) is 59.5 Å². The van der Waals surface area contributed by atoms with Crippen molar-refractivity contribution in [3.05, 3.63) is 65.7 Å². The first-order chi connectivity index (χ1) is 16.5. The molecule has 0 unspecified atom stereocenters. The van der Waals surface area contributed by atoms with Crippen molar-refractivity contribution in [3.63, 3.8) is 0 Å². The molecule has 0 saturated carbocycles. The Morgan fingerprint density at radius 1 is 1.00 bits per heavy atom. The first-order valence-corrected chi connectivity index (χ1v) is 13.2. The Hall–Kier alpha value is -2.59. The number of hydrogen-bond acceptors (Lipinski definition) is 6. The summed E-state index contributed by atoms with van der Waals surface area (Å²) in [4.78, 5) is 24.2. The molecule has 1 amide bonds. The first-order valence-electron chi connectivity index (χ1n) is 11.8. The number of amides is 1. The van der Waals surface area contributed by atoms with Crippen LogP contribution in [-0.4, -0.2) is 66.0 Å². The molecule has 0 spiro atoms. The van der Waals surface area contributed by atoms with Crippen molar-refractivity contribution in [1.29, 1.82) is 0 Å². The Morgan fingerprint density at radius 3 is 2.29 bits per heavy atom. The highest BCUT2D eigenvalue weighted by atomic mass is 32.2. The minimum Gasteiger partial charge on any atom is -0.392 e. The summed E-state index contributed by atoms with van der Waals surface area (Å²) in [5.74, 6) is -0.428. The van der Waals surface area contributed by atoms with Crippen LogP contribution in [-0.2, 0) is 26.0 Å². The monoisotopic (exact) mass is 504 g/mol. The molecule has 2 rings (SSSR count). The molecule has 0 heterocycles. The average Bonchev–Trinajstić information content (AvgIpc) is 2.82. The molecule has 0 aliphatic heterocycles. The van der Waals surface area contributed by atoms with Crippen molar-refractivity contribution in [1.82, 2.24) is 9.62 Å². The van der Waals surface area contributed by atoms with Crippen molar-refractivity contribution < 1.29 is 28.2 Å². The normalized spacial score (nSPS) is 14.3. The predicted octanol–water partition coefficient (Wildman–Crippen LogP) is 2.21. The Balaban J connectivity index is 2.27. The molecule has 0 aliphatic rings. The number of carbonyl (C=O) groups is 2. The number of benzene rings is 2. The molecule has 0 bridgehead atoms. The van der Waals surface area contributed by atoms with Gasteiger partial charge in [0.05, 0.1) is 23.1 Å². The van der Waals surface area contributed by atoms with E-state index in [0.717, 1.165) is 15.4 Å². The number of carbonyl (C=O) groups excluding carboxylic acids is 2. The smallest absolute Gasteiger partial charge is 0.243 e. The van der Waals surface area contributed by atoms with E-state index in [1.54, 1.807) is 26.0 Å². The Bertz CT molecular complexity index is 1070. The number of nitrogens with one attached hydrogen (secondary N) is 1. The number of Topliss-reactive ketones (excluding diaryl/α,β-unsaturated/α-hetero) is 1. The highest BCUT2D eigenvalue weighted by Gasteiger charge is 2.31. The summed E-state index contributed by atoms with van der Waals surface area (Å²) < 4.78 is 27.7. The fraction of sp³-hybridized carbons (Fsp3) is 0.462. The molecule has 3 atom stereocenters. The number of hydrogen-bond donors (Lipinski definition) is 3. The van der Waals surface area contributed by atoms with Gasteiger partial charge in [-0.25, -0.2) is 8.42 Å². The van der Waals surface area contributed by atoms with Crippen LogP contribution in [0.25, 0.3) is 0 Å². The lowest BCUT2D eigenvalue weighted by Gasteiger charge is -2.30. The van der Waals surface area contributed by atoms with Crippen molar-refractivity contribution >= 4 is 21.7 Å². The number of aliphatic hydroxyl groups is 2. The largest absolute Gasteiger partial charge is 0.392 e. The van der Waals surface area contributed by atoms with Crippen LogP contribution >= 0.6 is 0 Å². The van der Waals surface area contributed by atoms with Gasteiger partial charge in [0, 0.05) is 32.4 Å². The molecular weight excluding hydrogens is 468 g/mol. The number of nitrogens with zero attached hydrogens (tertiary/aromatic N) is 1. The third kappa shape index (κ3) is 9.18. The fourth-order valence-corrected chi connectivity index (χ4v) is 5.33. The number of rotatable bonds is 14. The highest BCUT2D eigenvalue weighted by Crippen LogP contribution is 2.19. The summed E-state index contributed by atoms with van der Waals surface area (Å²) in [6.07, 6.45) is -1.53. The van der Waals surface area contributed by atoms with Crippen LogP contribution < -0.4 is 5.32 Å². The summed E-state index contributed by atoms with van der Waals surface area (Å²) >= 11 is 0. The molecule has 192 valence electrons. The van der Waals surface area contributed by atoms with Crippen molar-refractivity contribution in [2.75, 3.05) is 13.1 Å². The van der Waals surface area contributed by atoms with Gasteiger partial charge < -0.3 is 15.5 Å². The van der Waals surface area contributed by atoms with Gasteiger partial charge in [-0.2, -0.15) is 4.31 Å². The van der Waals surface area contributed by atoms with E-state index in [1.807, 2.05) is 30.3 Å². The first kappa shape index (κ1) is 28.6. The van der Waals surface area contributed by atoms with Crippen LogP contribution in [0.2, 0.25) is 0 Å². The molecule has 35 heavy (non-hydrogen) atoms. The second kappa shape index (κ2) is 13.5. The van der Waals surface area contributed by atoms with Gasteiger partial charge in [-0.1, -0.05) is 49.4 Å². The lowest BCUT2D eigenvalue weighted by molar-refractivity contribution is -0.126. The SMILES string of the molecule is CCC(=O)CCC(=O)N[C@@H](Cc1ccccc1)[C@H](O)CN(C[C@H](C)O)S(=O)(=O)c1cccc(C)c1. The number of aryl methyl sites for hydroxylation is 1. The molecule has 0 fully saturated rings. The van der Waals surface area contributed by atoms with E-state index in [1.165, 1.54) is 19.1 Å². The van der Waals surface area contributed by atoms with Crippen LogP contribution in [0.5, 0.6) is 0 Å². The molecule has 2 aromatic carbocycles. The zero-order valence-corrected chi connectivity index (χ0v) is 21.4. The van der Waals surface area contributed by atoms with Crippen molar-refractivity contribution in [2.45, 2.75) is 69.6 Å². The van der Waals surface area contributed by atoms with Gasteiger partial charge in [-0.05, 0) is 43.5 Å². The lowest BCUT2D eigenvalue weighted by atomic mass is 10.0. The van der Waals surface area contributed by atoms with Crippen molar-refractivity contribution in [2.24, 2.45) is 0 Å². The molecule has 0 aromatic heterocycles. The maximum atomic E-state index is 13.3. The summed E-state index contributed by atoms with van der Waals surface area (Å²) in [6.45, 7) is 4.44. The molecule has 8 nitrogen and oxygen atoms in total. The third-order valence-electron chi connectivity index (χ3n) is 5.62. The van der Waals surface area contributed by atoms with Gasteiger partial charge in [-0.3, -0.25) is 9.59 Å². The maximum absolute atomic E-state index is 13.3. The highest BCUT2D eigenvalue weighted by molar-refractivity contribution is 7.89. The van der Waals surface area contributed by atoms with Gasteiger partial charge in [0.1, 0.15) is 5.78 Å². The number of sulfonamides is 1. The van der Waals surface area contributed by atoms with Gasteiger partial charge in [-0.15, -0.1) is 0 Å². The van der Waals surface area contributed by atoms with E-state index in [0.29, 0.717) is 6.42 Å².